The number of phenols is 1. The molecule has 108 valence electrons. The standard InChI is InChI=1S/C16H16N2O3/c1-10-6-7-13(8-11(10)2)18-16(21)15(20)17-12-4-3-5-14(19)9-12/h3-9,19H,1-2H3,(H,17,20)(H,18,21). The summed E-state index contributed by atoms with van der Waals surface area (Å²) in [6.45, 7) is 3.90. The van der Waals surface area contributed by atoms with Crippen molar-refractivity contribution in [1.82, 2.24) is 0 Å². The zero-order valence-electron chi connectivity index (χ0n) is 11.8. The van der Waals surface area contributed by atoms with Crippen molar-refractivity contribution >= 4 is 23.2 Å². The maximum absolute atomic E-state index is 11.8. The van der Waals surface area contributed by atoms with Crippen molar-refractivity contribution in [2.45, 2.75) is 13.8 Å². The molecule has 0 aliphatic heterocycles. The second kappa shape index (κ2) is 6.09. The predicted molar refractivity (Wildman–Crippen MR) is 81.3 cm³/mol. The highest BCUT2D eigenvalue weighted by Crippen LogP contribution is 2.16. The number of carbonyl (C=O) groups excluding carboxylic acids is 2. The van der Waals surface area contributed by atoms with E-state index in [4.69, 9.17) is 0 Å². The van der Waals surface area contributed by atoms with E-state index >= 15 is 0 Å². The molecule has 0 aromatic heterocycles. The highest BCUT2D eigenvalue weighted by Gasteiger charge is 2.14. The summed E-state index contributed by atoms with van der Waals surface area (Å²) in [6.07, 6.45) is 0. The molecule has 2 amide bonds. The van der Waals surface area contributed by atoms with Crippen LogP contribution in [-0.2, 0) is 9.59 Å². The van der Waals surface area contributed by atoms with Crippen LogP contribution in [0.25, 0.3) is 0 Å². The van der Waals surface area contributed by atoms with Crippen LogP contribution in [0.3, 0.4) is 0 Å². The van der Waals surface area contributed by atoms with Crippen LogP contribution < -0.4 is 10.6 Å². The Morgan fingerprint density at radius 1 is 0.857 bits per heavy atom. The van der Waals surface area contributed by atoms with Gasteiger partial charge in [-0.05, 0) is 49.2 Å². The van der Waals surface area contributed by atoms with Crippen LogP contribution in [0.15, 0.2) is 42.5 Å². The molecule has 0 bridgehead atoms. The van der Waals surface area contributed by atoms with Crippen molar-refractivity contribution in [3.05, 3.63) is 53.6 Å². The fourth-order valence-corrected chi connectivity index (χ4v) is 1.78. The van der Waals surface area contributed by atoms with E-state index < -0.39 is 11.8 Å². The SMILES string of the molecule is Cc1ccc(NC(=O)C(=O)Nc2cccc(O)c2)cc1C. The van der Waals surface area contributed by atoms with Crippen LogP contribution in [0.2, 0.25) is 0 Å². The lowest BCUT2D eigenvalue weighted by molar-refractivity contribution is -0.132. The summed E-state index contributed by atoms with van der Waals surface area (Å²) < 4.78 is 0. The second-order valence-electron chi connectivity index (χ2n) is 4.76. The quantitative estimate of drug-likeness (QED) is 0.742. The Labute approximate surface area is 122 Å². The highest BCUT2D eigenvalue weighted by atomic mass is 16.3. The van der Waals surface area contributed by atoms with Gasteiger partial charge < -0.3 is 15.7 Å². The minimum atomic E-state index is -0.793. The molecule has 0 spiro atoms. The van der Waals surface area contributed by atoms with Gasteiger partial charge in [-0.2, -0.15) is 0 Å². The van der Waals surface area contributed by atoms with Crippen LogP contribution in [0.1, 0.15) is 11.1 Å². The van der Waals surface area contributed by atoms with E-state index in [0.29, 0.717) is 11.4 Å². The summed E-state index contributed by atoms with van der Waals surface area (Å²) in [6, 6.07) is 11.4. The van der Waals surface area contributed by atoms with E-state index in [9.17, 15) is 14.7 Å². The molecule has 2 rings (SSSR count). The summed E-state index contributed by atoms with van der Waals surface area (Å²) in [5.41, 5.74) is 3.06. The average molecular weight is 284 g/mol. The highest BCUT2D eigenvalue weighted by molar-refractivity contribution is 6.43. The largest absolute Gasteiger partial charge is 0.508 e. The Bertz CT molecular complexity index is 696. The van der Waals surface area contributed by atoms with Gasteiger partial charge in [0.05, 0.1) is 0 Å². The maximum Gasteiger partial charge on any atom is 0.314 e. The molecule has 2 aromatic rings. The monoisotopic (exact) mass is 284 g/mol. The third-order valence-electron chi connectivity index (χ3n) is 3.08. The van der Waals surface area contributed by atoms with E-state index in [2.05, 4.69) is 10.6 Å². The van der Waals surface area contributed by atoms with Crippen LogP contribution in [0.4, 0.5) is 11.4 Å². The zero-order chi connectivity index (χ0) is 15.4. The first-order valence-corrected chi connectivity index (χ1v) is 6.44. The lowest BCUT2D eigenvalue weighted by atomic mass is 10.1. The fourth-order valence-electron chi connectivity index (χ4n) is 1.78. The Morgan fingerprint density at radius 3 is 2.05 bits per heavy atom. The first-order chi connectivity index (χ1) is 9.95. The molecule has 3 N–H and O–H groups in total. The Hall–Kier alpha value is -2.82. The van der Waals surface area contributed by atoms with Gasteiger partial charge >= 0.3 is 11.8 Å². The van der Waals surface area contributed by atoms with E-state index in [1.165, 1.54) is 12.1 Å². The maximum atomic E-state index is 11.8. The number of hydrogen-bond acceptors (Lipinski definition) is 3. The van der Waals surface area contributed by atoms with Crippen LogP contribution in [0, 0.1) is 13.8 Å². The molecule has 0 fully saturated rings. The van der Waals surface area contributed by atoms with Crippen molar-refractivity contribution < 1.29 is 14.7 Å². The molecular weight excluding hydrogens is 268 g/mol. The lowest BCUT2D eigenvalue weighted by Gasteiger charge is -2.08. The summed E-state index contributed by atoms with van der Waals surface area (Å²) >= 11 is 0. The van der Waals surface area contributed by atoms with E-state index in [0.717, 1.165) is 11.1 Å². The number of aryl methyl sites for hydroxylation is 2. The molecule has 5 nitrogen and oxygen atoms in total. The van der Waals surface area contributed by atoms with Gasteiger partial charge in [0.2, 0.25) is 0 Å². The molecular formula is C16H16N2O3. The van der Waals surface area contributed by atoms with E-state index in [1.54, 1.807) is 24.3 Å². The molecule has 0 radical (unpaired) electrons. The van der Waals surface area contributed by atoms with Gasteiger partial charge in [-0.3, -0.25) is 9.59 Å². The van der Waals surface area contributed by atoms with Crippen LogP contribution >= 0.6 is 0 Å². The van der Waals surface area contributed by atoms with Crippen molar-refractivity contribution in [2.75, 3.05) is 10.6 Å². The molecule has 5 heteroatoms. The van der Waals surface area contributed by atoms with Gasteiger partial charge in [-0.1, -0.05) is 12.1 Å². The van der Waals surface area contributed by atoms with Gasteiger partial charge in [0, 0.05) is 17.4 Å². The van der Waals surface area contributed by atoms with Gasteiger partial charge in [0.25, 0.3) is 0 Å². The van der Waals surface area contributed by atoms with Crippen LogP contribution in [0.5, 0.6) is 5.75 Å². The number of anilines is 2. The number of rotatable bonds is 2. The summed E-state index contributed by atoms with van der Waals surface area (Å²) in [4.78, 5) is 23.6. The molecule has 0 saturated heterocycles. The van der Waals surface area contributed by atoms with Crippen molar-refractivity contribution in [3.8, 4) is 5.75 Å². The summed E-state index contributed by atoms with van der Waals surface area (Å²) in [5.74, 6) is -1.54. The topological polar surface area (TPSA) is 78.4 Å². The third-order valence-corrected chi connectivity index (χ3v) is 3.08. The average Bonchev–Trinajstić information content (AvgIpc) is 2.43. The Balaban J connectivity index is 2.02. The molecule has 0 aliphatic carbocycles. The second-order valence-corrected chi connectivity index (χ2v) is 4.76. The van der Waals surface area contributed by atoms with Crippen molar-refractivity contribution in [2.24, 2.45) is 0 Å². The van der Waals surface area contributed by atoms with Gasteiger partial charge in [0.15, 0.2) is 0 Å². The minimum Gasteiger partial charge on any atom is -0.508 e. The Morgan fingerprint density at radius 2 is 1.48 bits per heavy atom. The molecule has 0 heterocycles. The normalized spacial score (nSPS) is 10.0. The van der Waals surface area contributed by atoms with Gasteiger partial charge in [0.1, 0.15) is 5.75 Å². The van der Waals surface area contributed by atoms with Crippen molar-refractivity contribution in [3.63, 3.8) is 0 Å². The Kier molecular flexibility index (Phi) is 4.23. The number of carbonyl (C=O) groups is 2. The van der Waals surface area contributed by atoms with Gasteiger partial charge in [-0.15, -0.1) is 0 Å². The number of benzene rings is 2. The number of nitrogens with one attached hydrogen (secondary N) is 2. The number of phenolic OH excluding ortho intramolecular Hbond substituents is 1. The smallest absolute Gasteiger partial charge is 0.314 e. The fraction of sp³-hybridized carbons (Fsp3) is 0.125. The summed E-state index contributed by atoms with van der Waals surface area (Å²) in [7, 11) is 0. The van der Waals surface area contributed by atoms with Crippen LogP contribution in [-0.4, -0.2) is 16.9 Å². The number of aromatic hydroxyl groups is 1. The molecule has 0 saturated carbocycles. The summed E-state index contributed by atoms with van der Waals surface area (Å²) in [5, 5.41) is 14.3. The molecule has 0 unspecified atom stereocenters. The first kappa shape index (κ1) is 14.6. The first-order valence-electron chi connectivity index (χ1n) is 6.44. The van der Waals surface area contributed by atoms with E-state index in [-0.39, 0.29) is 5.75 Å². The zero-order valence-corrected chi connectivity index (χ0v) is 11.8. The number of amides is 2. The third kappa shape index (κ3) is 3.82. The molecule has 21 heavy (non-hydrogen) atoms. The molecule has 0 atom stereocenters. The minimum absolute atomic E-state index is 0.0161. The molecule has 0 aliphatic rings. The number of hydrogen-bond donors (Lipinski definition) is 3. The van der Waals surface area contributed by atoms with Gasteiger partial charge in [-0.25, -0.2) is 0 Å². The lowest BCUT2D eigenvalue weighted by Crippen LogP contribution is -2.29. The van der Waals surface area contributed by atoms with Crippen molar-refractivity contribution in [1.29, 1.82) is 0 Å². The van der Waals surface area contributed by atoms with E-state index in [1.807, 2.05) is 19.9 Å². The predicted octanol–water partition coefficient (Wildman–Crippen LogP) is 2.59. The molecule has 2 aromatic carbocycles.